The Kier molecular flexibility index (Phi) is 3.89. The Morgan fingerprint density at radius 1 is 1.38 bits per heavy atom. The van der Waals surface area contributed by atoms with Crippen molar-refractivity contribution in [2.75, 3.05) is 5.88 Å². The molecule has 0 aliphatic carbocycles. The SMILES string of the molecule is Fc1c(Br)cccc1-c1nnc(CCCl)s1. The average Bonchev–Trinajstić information content (AvgIpc) is 2.71. The van der Waals surface area contributed by atoms with Gasteiger partial charge >= 0.3 is 0 Å². The summed E-state index contributed by atoms with van der Waals surface area (Å²) in [7, 11) is 0. The van der Waals surface area contributed by atoms with Crippen LogP contribution in [-0.4, -0.2) is 16.1 Å². The second-order valence-electron chi connectivity index (χ2n) is 3.04. The molecular weight excluding hydrogens is 315 g/mol. The molecule has 2 nitrogen and oxygen atoms in total. The topological polar surface area (TPSA) is 25.8 Å². The summed E-state index contributed by atoms with van der Waals surface area (Å²) in [6, 6.07) is 5.11. The third-order valence-electron chi connectivity index (χ3n) is 1.96. The molecular formula is C10H7BrClFN2S. The number of benzene rings is 1. The number of alkyl halides is 1. The van der Waals surface area contributed by atoms with Gasteiger partial charge in [0.05, 0.1) is 4.47 Å². The van der Waals surface area contributed by atoms with Crippen LogP contribution in [0.3, 0.4) is 0 Å². The largest absolute Gasteiger partial charge is 0.205 e. The van der Waals surface area contributed by atoms with E-state index in [0.717, 1.165) is 5.01 Å². The molecule has 0 saturated carbocycles. The number of hydrogen-bond acceptors (Lipinski definition) is 3. The van der Waals surface area contributed by atoms with E-state index in [1.165, 1.54) is 11.3 Å². The minimum Gasteiger partial charge on any atom is -0.205 e. The molecule has 0 aliphatic rings. The van der Waals surface area contributed by atoms with Crippen molar-refractivity contribution in [3.63, 3.8) is 0 Å². The van der Waals surface area contributed by atoms with Crippen LogP contribution in [-0.2, 0) is 6.42 Å². The van der Waals surface area contributed by atoms with Crippen molar-refractivity contribution < 1.29 is 4.39 Å². The van der Waals surface area contributed by atoms with E-state index in [1.807, 2.05) is 0 Å². The molecule has 0 amide bonds. The lowest BCUT2D eigenvalue weighted by Gasteiger charge is -1.99. The van der Waals surface area contributed by atoms with Crippen LogP contribution in [0.2, 0.25) is 0 Å². The number of hydrogen-bond donors (Lipinski definition) is 0. The van der Waals surface area contributed by atoms with Crippen LogP contribution < -0.4 is 0 Å². The first-order valence-corrected chi connectivity index (χ1v) is 6.69. The van der Waals surface area contributed by atoms with Crippen LogP contribution in [0.25, 0.3) is 10.6 Å². The number of aromatic nitrogens is 2. The van der Waals surface area contributed by atoms with Crippen molar-refractivity contribution in [1.29, 1.82) is 0 Å². The molecule has 1 heterocycles. The molecule has 0 fully saturated rings. The molecule has 0 spiro atoms. The molecule has 0 aliphatic heterocycles. The van der Waals surface area contributed by atoms with Gasteiger partial charge in [0.15, 0.2) is 5.01 Å². The lowest BCUT2D eigenvalue weighted by atomic mass is 10.2. The quantitative estimate of drug-likeness (QED) is 0.802. The summed E-state index contributed by atoms with van der Waals surface area (Å²) >= 11 is 10.1. The van der Waals surface area contributed by atoms with Gasteiger partial charge in [0.25, 0.3) is 0 Å². The fraction of sp³-hybridized carbons (Fsp3) is 0.200. The van der Waals surface area contributed by atoms with Crippen LogP contribution in [0.1, 0.15) is 5.01 Å². The molecule has 0 atom stereocenters. The molecule has 84 valence electrons. The lowest BCUT2D eigenvalue weighted by molar-refractivity contribution is 0.624. The zero-order valence-corrected chi connectivity index (χ0v) is 11.2. The molecule has 6 heteroatoms. The third kappa shape index (κ3) is 2.42. The van der Waals surface area contributed by atoms with Gasteiger partial charge in [-0.15, -0.1) is 21.8 Å². The zero-order chi connectivity index (χ0) is 11.5. The van der Waals surface area contributed by atoms with Crippen LogP contribution in [0.4, 0.5) is 4.39 Å². The molecule has 0 unspecified atom stereocenters. The second kappa shape index (κ2) is 5.21. The fourth-order valence-corrected chi connectivity index (χ4v) is 2.73. The minimum absolute atomic E-state index is 0.309. The number of nitrogens with zero attached hydrogens (tertiary/aromatic N) is 2. The van der Waals surface area contributed by atoms with Crippen LogP contribution in [0.5, 0.6) is 0 Å². The van der Waals surface area contributed by atoms with E-state index in [0.29, 0.717) is 27.3 Å². The summed E-state index contributed by atoms with van der Waals surface area (Å²) in [5.74, 6) is 0.186. The van der Waals surface area contributed by atoms with E-state index in [-0.39, 0.29) is 5.82 Å². The summed E-state index contributed by atoms with van der Waals surface area (Å²) < 4.78 is 14.2. The summed E-state index contributed by atoms with van der Waals surface area (Å²) in [5.41, 5.74) is 0.465. The summed E-state index contributed by atoms with van der Waals surface area (Å²) in [6.45, 7) is 0. The molecule has 16 heavy (non-hydrogen) atoms. The van der Waals surface area contributed by atoms with E-state index in [2.05, 4.69) is 26.1 Å². The van der Waals surface area contributed by atoms with Crippen LogP contribution in [0.15, 0.2) is 22.7 Å². The maximum Gasteiger partial charge on any atom is 0.150 e. The van der Waals surface area contributed by atoms with Crippen LogP contribution >= 0.6 is 38.9 Å². The minimum atomic E-state index is -0.309. The number of aryl methyl sites for hydroxylation is 1. The molecule has 1 aromatic carbocycles. The predicted molar refractivity (Wildman–Crippen MR) is 67.4 cm³/mol. The van der Waals surface area contributed by atoms with E-state index < -0.39 is 0 Å². The van der Waals surface area contributed by atoms with E-state index in [1.54, 1.807) is 18.2 Å². The molecule has 0 N–H and O–H groups in total. The number of rotatable bonds is 3. The Hall–Kier alpha value is -0.520. The van der Waals surface area contributed by atoms with Gasteiger partial charge in [0.2, 0.25) is 0 Å². The van der Waals surface area contributed by atoms with Gasteiger partial charge < -0.3 is 0 Å². The Bertz CT molecular complexity index is 503. The van der Waals surface area contributed by atoms with Crippen molar-refractivity contribution in [3.05, 3.63) is 33.5 Å². The summed E-state index contributed by atoms with van der Waals surface area (Å²) in [6.07, 6.45) is 0.662. The molecule has 0 bridgehead atoms. The van der Waals surface area contributed by atoms with E-state index in [4.69, 9.17) is 11.6 Å². The highest BCUT2D eigenvalue weighted by Gasteiger charge is 2.12. The Morgan fingerprint density at radius 3 is 2.94 bits per heavy atom. The normalized spacial score (nSPS) is 10.7. The zero-order valence-electron chi connectivity index (χ0n) is 8.08. The van der Waals surface area contributed by atoms with E-state index in [9.17, 15) is 4.39 Å². The monoisotopic (exact) mass is 320 g/mol. The van der Waals surface area contributed by atoms with Crippen molar-refractivity contribution in [1.82, 2.24) is 10.2 Å². The first-order valence-electron chi connectivity index (χ1n) is 4.55. The smallest absolute Gasteiger partial charge is 0.150 e. The molecule has 2 rings (SSSR count). The first-order chi connectivity index (χ1) is 7.72. The van der Waals surface area contributed by atoms with Gasteiger partial charge in [0.1, 0.15) is 10.8 Å². The van der Waals surface area contributed by atoms with Gasteiger partial charge in [-0.3, -0.25) is 0 Å². The standard InChI is InChI=1S/C10H7BrClFN2S/c11-7-3-1-2-6(9(7)13)10-15-14-8(16-10)4-5-12/h1-3H,4-5H2. The van der Waals surface area contributed by atoms with Gasteiger partial charge in [-0.25, -0.2) is 4.39 Å². The van der Waals surface area contributed by atoms with Gasteiger partial charge in [-0.1, -0.05) is 17.4 Å². The molecule has 1 aromatic heterocycles. The Balaban J connectivity index is 2.39. The number of halogens is 3. The first kappa shape index (κ1) is 12.0. The van der Waals surface area contributed by atoms with Gasteiger partial charge in [-0.2, -0.15) is 0 Å². The van der Waals surface area contributed by atoms with E-state index >= 15 is 0 Å². The molecule has 0 saturated heterocycles. The predicted octanol–water partition coefficient (Wildman–Crippen LogP) is 3.89. The Morgan fingerprint density at radius 2 is 2.19 bits per heavy atom. The molecule has 2 aromatic rings. The summed E-state index contributed by atoms with van der Waals surface area (Å²) in [5, 5.41) is 9.32. The lowest BCUT2D eigenvalue weighted by Crippen LogP contribution is -1.85. The second-order valence-corrected chi connectivity index (χ2v) is 5.34. The maximum absolute atomic E-state index is 13.7. The van der Waals surface area contributed by atoms with Gasteiger partial charge in [-0.05, 0) is 28.1 Å². The van der Waals surface area contributed by atoms with Crippen molar-refractivity contribution >= 4 is 38.9 Å². The van der Waals surface area contributed by atoms with Crippen molar-refractivity contribution in [3.8, 4) is 10.6 Å². The van der Waals surface area contributed by atoms with Crippen molar-refractivity contribution in [2.45, 2.75) is 6.42 Å². The third-order valence-corrected chi connectivity index (χ3v) is 3.77. The highest BCUT2D eigenvalue weighted by atomic mass is 79.9. The highest BCUT2D eigenvalue weighted by molar-refractivity contribution is 9.10. The maximum atomic E-state index is 13.7. The Labute approximate surface area is 110 Å². The van der Waals surface area contributed by atoms with Gasteiger partial charge in [0, 0.05) is 17.9 Å². The highest BCUT2D eigenvalue weighted by Crippen LogP contribution is 2.29. The fourth-order valence-electron chi connectivity index (χ4n) is 1.21. The van der Waals surface area contributed by atoms with Crippen molar-refractivity contribution in [2.24, 2.45) is 0 Å². The molecule has 0 radical (unpaired) electrons. The average molecular weight is 322 g/mol. The summed E-state index contributed by atoms with van der Waals surface area (Å²) in [4.78, 5) is 0. The van der Waals surface area contributed by atoms with Crippen LogP contribution in [0, 0.1) is 5.82 Å².